The number of methoxy groups -OCH3 is 1. The Bertz CT molecular complexity index is 831. The number of ether oxygens (including phenoxy) is 3. The molecule has 0 aromatic carbocycles. The largest absolute Gasteiger partial charge is 0.458 e. The van der Waals surface area contributed by atoms with Crippen LogP contribution in [-0.2, 0) is 19.0 Å². The molecular formula is C15H20N4O5S. The molecule has 0 spiro atoms. The molecule has 136 valence electrons. The molecule has 1 aliphatic rings. The molecule has 1 fully saturated rings. The molecule has 9 nitrogen and oxygen atoms in total. The Kier molecular flexibility index (Phi) is 5.02. The molecule has 2 aromatic heterocycles. The summed E-state index contributed by atoms with van der Waals surface area (Å²) in [5, 5.41) is 0. The van der Waals surface area contributed by atoms with Gasteiger partial charge < -0.3 is 19.9 Å². The van der Waals surface area contributed by atoms with Crippen molar-refractivity contribution in [2.75, 3.05) is 12.8 Å². The third kappa shape index (κ3) is 3.37. The van der Waals surface area contributed by atoms with Crippen molar-refractivity contribution in [3.8, 4) is 0 Å². The van der Waals surface area contributed by atoms with Crippen molar-refractivity contribution in [2.45, 2.75) is 51.2 Å². The van der Waals surface area contributed by atoms with Crippen LogP contribution in [0.25, 0.3) is 10.3 Å². The van der Waals surface area contributed by atoms with E-state index in [0.717, 1.165) is 17.8 Å². The van der Waals surface area contributed by atoms with Crippen molar-refractivity contribution in [3.05, 3.63) is 15.9 Å². The summed E-state index contributed by atoms with van der Waals surface area (Å²) in [6, 6.07) is 0. The standard InChI is InChI=1S/C15H20N4O5S/c1-4-8(22-3)9-5-10(23-7(2)20)13(24-9)19-12-11(25-15(19)21)6-17-14(16)18-12/h6,8-10,13H,4-5H2,1-3H3,(H2,16,17,18)/t8?,9-,10+,13+/m0/s1. The number of hydrogen-bond acceptors (Lipinski definition) is 9. The van der Waals surface area contributed by atoms with Crippen molar-refractivity contribution >= 4 is 33.6 Å². The van der Waals surface area contributed by atoms with E-state index in [0.29, 0.717) is 16.8 Å². The van der Waals surface area contributed by atoms with E-state index in [1.165, 1.54) is 17.7 Å². The number of fused-ring (bicyclic) bond motifs is 1. The van der Waals surface area contributed by atoms with E-state index in [-0.39, 0.29) is 23.0 Å². The Hall–Kier alpha value is -2.04. The molecule has 1 unspecified atom stereocenters. The van der Waals surface area contributed by atoms with E-state index in [2.05, 4.69) is 9.97 Å². The Morgan fingerprint density at radius 1 is 1.60 bits per heavy atom. The molecule has 3 heterocycles. The zero-order valence-electron chi connectivity index (χ0n) is 14.2. The number of nitrogens with zero attached hydrogens (tertiary/aromatic N) is 3. The number of aromatic nitrogens is 3. The van der Waals surface area contributed by atoms with Crippen LogP contribution in [0, 0.1) is 0 Å². The first kappa shape index (κ1) is 17.8. The van der Waals surface area contributed by atoms with Gasteiger partial charge in [0.25, 0.3) is 0 Å². The fraction of sp³-hybridized carbons (Fsp3) is 0.600. The molecule has 3 rings (SSSR count). The second-order valence-electron chi connectivity index (χ2n) is 5.79. The van der Waals surface area contributed by atoms with E-state index >= 15 is 0 Å². The van der Waals surface area contributed by atoms with Gasteiger partial charge in [0, 0.05) is 20.5 Å². The fourth-order valence-corrected chi connectivity index (χ4v) is 3.93. The summed E-state index contributed by atoms with van der Waals surface area (Å²) in [4.78, 5) is 31.8. The molecule has 0 saturated carbocycles. The quantitative estimate of drug-likeness (QED) is 0.779. The second-order valence-corrected chi connectivity index (χ2v) is 6.78. The van der Waals surface area contributed by atoms with Crippen molar-refractivity contribution < 1.29 is 19.0 Å². The van der Waals surface area contributed by atoms with E-state index < -0.39 is 18.3 Å². The molecule has 1 aliphatic heterocycles. The molecule has 0 bridgehead atoms. The summed E-state index contributed by atoms with van der Waals surface area (Å²) < 4.78 is 18.9. The van der Waals surface area contributed by atoms with Crippen LogP contribution < -0.4 is 10.6 Å². The van der Waals surface area contributed by atoms with Gasteiger partial charge >= 0.3 is 10.8 Å². The zero-order chi connectivity index (χ0) is 18.1. The number of hydrogen-bond donors (Lipinski definition) is 1. The zero-order valence-corrected chi connectivity index (χ0v) is 15.0. The van der Waals surface area contributed by atoms with Crippen LogP contribution in [0.2, 0.25) is 0 Å². The van der Waals surface area contributed by atoms with Crippen molar-refractivity contribution in [2.24, 2.45) is 0 Å². The Labute approximate surface area is 147 Å². The summed E-state index contributed by atoms with van der Waals surface area (Å²) in [5.74, 6) is -0.382. The predicted octanol–water partition coefficient (Wildman–Crippen LogP) is 1.08. The first-order valence-electron chi connectivity index (χ1n) is 7.93. The van der Waals surface area contributed by atoms with Crippen molar-refractivity contribution in [1.29, 1.82) is 0 Å². The van der Waals surface area contributed by atoms with E-state index in [1.807, 2.05) is 6.92 Å². The molecule has 4 atom stereocenters. The van der Waals surface area contributed by atoms with Gasteiger partial charge in [-0.25, -0.2) is 4.98 Å². The number of anilines is 1. The van der Waals surface area contributed by atoms with Gasteiger partial charge in [-0.05, 0) is 6.42 Å². The lowest BCUT2D eigenvalue weighted by molar-refractivity contribution is -0.152. The van der Waals surface area contributed by atoms with E-state index in [9.17, 15) is 9.59 Å². The average molecular weight is 368 g/mol. The molecule has 0 amide bonds. The molecular weight excluding hydrogens is 348 g/mol. The minimum absolute atomic E-state index is 0.0564. The first-order chi connectivity index (χ1) is 11.9. The van der Waals surface area contributed by atoms with Crippen LogP contribution in [0.1, 0.15) is 32.9 Å². The third-order valence-corrected chi connectivity index (χ3v) is 5.04. The van der Waals surface area contributed by atoms with Gasteiger partial charge in [0.05, 0.1) is 23.1 Å². The number of thiazole rings is 1. The SMILES string of the molecule is CCC(OC)[C@@H]1C[C@@H](OC(C)=O)[C@H](n2c(=O)sc3cnc(N)nc32)O1. The van der Waals surface area contributed by atoms with Crippen molar-refractivity contribution in [1.82, 2.24) is 14.5 Å². The van der Waals surface area contributed by atoms with Crippen LogP contribution in [0.4, 0.5) is 5.95 Å². The lowest BCUT2D eigenvalue weighted by Gasteiger charge is -2.21. The topological polar surface area (TPSA) is 119 Å². The molecule has 0 radical (unpaired) electrons. The van der Waals surface area contributed by atoms with Gasteiger partial charge in [0.2, 0.25) is 5.95 Å². The van der Waals surface area contributed by atoms with E-state index in [4.69, 9.17) is 19.9 Å². The number of esters is 1. The number of nitrogens with two attached hydrogens (primary N) is 1. The van der Waals surface area contributed by atoms with Crippen LogP contribution in [0.5, 0.6) is 0 Å². The maximum Gasteiger partial charge on any atom is 0.311 e. The lowest BCUT2D eigenvalue weighted by atomic mass is 10.1. The Balaban J connectivity index is 2.03. The average Bonchev–Trinajstić information content (AvgIpc) is 3.08. The second kappa shape index (κ2) is 7.06. The summed E-state index contributed by atoms with van der Waals surface area (Å²) in [7, 11) is 1.60. The van der Waals surface area contributed by atoms with Gasteiger partial charge in [0.1, 0.15) is 6.10 Å². The predicted molar refractivity (Wildman–Crippen MR) is 91.3 cm³/mol. The van der Waals surface area contributed by atoms with Crippen molar-refractivity contribution in [3.63, 3.8) is 0 Å². The van der Waals surface area contributed by atoms with Crippen LogP contribution in [-0.4, -0.2) is 45.9 Å². The van der Waals surface area contributed by atoms with Crippen LogP contribution in [0.3, 0.4) is 0 Å². The monoisotopic (exact) mass is 368 g/mol. The van der Waals surface area contributed by atoms with Crippen LogP contribution >= 0.6 is 11.3 Å². The first-order valence-corrected chi connectivity index (χ1v) is 8.75. The van der Waals surface area contributed by atoms with Gasteiger partial charge in [-0.15, -0.1) is 0 Å². The Morgan fingerprint density at radius 2 is 2.36 bits per heavy atom. The third-order valence-electron chi connectivity index (χ3n) is 4.17. The normalized spacial score (nSPS) is 24.5. The van der Waals surface area contributed by atoms with Gasteiger partial charge in [-0.3, -0.25) is 14.2 Å². The molecule has 25 heavy (non-hydrogen) atoms. The summed E-state index contributed by atoms with van der Waals surface area (Å²) >= 11 is 0.991. The maximum atomic E-state index is 12.5. The highest BCUT2D eigenvalue weighted by molar-refractivity contribution is 7.16. The smallest absolute Gasteiger partial charge is 0.311 e. The summed E-state index contributed by atoms with van der Waals surface area (Å²) in [6.45, 7) is 3.30. The number of rotatable bonds is 5. The molecule has 10 heteroatoms. The van der Waals surface area contributed by atoms with Gasteiger partial charge in [-0.2, -0.15) is 4.98 Å². The summed E-state index contributed by atoms with van der Waals surface area (Å²) in [6.07, 6.45) is 0.800. The number of carbonyl (C=O) groups is 1. The maximum absolute atomic E-state index is 12.5. The summed E-state index contributed by atoms with van der Waals surface area (Å²) in [5.41, 5.74) is 6.03. The highest BCUT2D eigenvalue weighted by Crippen LogP contribution is 2.35. The lowest BCUT2D eigenvalue weighted by Crippen LogP contribution is -2.30. The van der Waals surface area contributed by atoms with Gasteiger partial charge in [-0.1, -0.05) is 18.3 Å². The minimum atomic E-state index is -0.784. The molecule has 2 aromatic rings. The highest BCUT2D eigenvalue weighted by Gasteiger charge is 2.43. The molecule has 1 saturated heterocycles. The number of carbonyl (C=O) groups excluding carboxylic acids is 1. The van der Waals surface area contributed by atoms with Crippen LogP contribution in [0.15, 0.2) is 11.0 Å². The van der Waals surface area contributed by atoms with Gasteiger partial charge in [0.15, 0.2) is 11.9 Å². The minimum Gasteiger partial charge on any atom is -0.458 e. The fourth-order valence-electron chi connectivity index (χ4n) is 3.11. The number of nitrogen functional groups attached to an aromatic ring is 1. The Morgan fingerprint density at radius 3 is 3.00 bits per heavy atom. The van der Waals surface area contributed by atoms with E-state index in [1.54, 1.807) is 7.11 Å². The molecule has 2 N–H and O–H groups in total. The highest BCUT2D eigenvalue weighted by atomic mass is 32.1. The molecule has 0 aliphatic carbocycles.